The van der Waals surface area contributed by atoms with Crippen molar-refractivity contribution < 1.29 is 9.53 Å². The molecular formula is C22H28N2O2. The number of carbonyl (C=O) groups excluding carboxylic acids is 1. The number of carbonyl (C=O) groups is 1. The van der Waals surface area contributed by atoms with Crippen LogP contribution in [0.2, 0.25) is 0 Å². The molecule has 2 unspecified atom stereocenters. The first-order chi connectivity index (χ1) is 12.7. The van der Waals surface area contributed by atoms with Gasteiger partial charge in [-0.25, -0.2) is 0 Å². The van der Waals surface area contributed by atoms with Gasteiger partial charge in [-0.05, 0) is 48.7 Å². The maximum Gasteiger partial charge on any atom is 0.234 e. The van der Waals surface area contributed by atoms with E-state index < -0.39 is 0 Å². The second kappa shape index (κ2) is 8.86. The minimum Gasteiger partial charge on any atom is -0.494 e. The van der Waals surface area contributed by atoms with Crippen LogP contribution in [-0.2, 0) is 11.2 Å². The molecule has 2 N–H and O–H groups in total. The van der Waals surface area contributed by atoms with Crippen molar-refractivity contribution in [1.82, 2.24) is 10.6 Å². The van der Waals surface area contributed by atoms with Gasteiger partial charge in [-0.3, -0.25) is 4.79 Å². The van der Waals surface area contributed by atoms with Gasteiger partial charge in [0.15, 0.2) is 0 Å². The first-order valence-corrected chi connectivity index (χ1v) is 9.47. The Labute approximate surface area is 156 Å². The Bertz CT molecular complexity index is 727. The molecule has 2 aromatic rings. The van der Waals surface area contributed by atoms with Gasteiger partial charge < -0.3 is 15.4 Å². The summed E-state index contributed by atoms with van der Waals surface area (Å²) in [4.78, 5) is 12.2. The Hall–Kier alpha value is -2.33. The van der Waals surface area contributed by atoms with E-state index in [0.717, 1.165) is 31.6 Å². The molecule has 0 spiro atoms. The van der Waals surface area contributed by atoms with E-state index in [9.17, 15) is 4.79 Å². The van der Waals surface area contributed by atoms with Crippen LogP contribution in [0.15, 0.2) is 48.5 Å². The highest BCUT2D eigenvalue weighted by atomic mass is 16.5. The van der Waals surface area contributed by atoms with Gasteiger partial charge in [0, 0.05) is 5.92 Å². The molecule has 0 saturated heterocycles. The quantitative estimate of drug-likeness (QED) is 0.714. The van der Waals surface area contributed by atoms with Gasteiger partial charge in [0.1, 0.15) is 5.75 Å². The van der Waals surface area contributed by atoms with Crippen LogP contribution in [0.4, 0.5) is 0 Å². The second-order valence-electron chi connectivity index (χ2n) is 6.86. The molecule has 4 nitrogen and oxygen atoms in total. The summed E-state index contributed by atoms with van der Waals surface area (Å²) in [5.41, 5.74) is 3.78. The summed E-state index contributed by atoms with van der Waals surface area (Å²) in [7, 11) is 1.79. The fourth-order valence-electron chi connectivity index (χ4n) is 3.61. The van der Waals surface area contributed by atoms with Gasteiger partial charge in [0.25, 0.3) is 0 Å². The number of ether oxygens (including phenoxy) is 1. The summed E-state index contributed by atoms with van der Waals surface area (Å²) < 4.78 is 5.77. The molecule has 138 valence electrons. The molecule has 0 bridgehead atoms. The zero-order chi connectivity index (χ0) is 18.4. The van der Waals surface area contributed by atoms with Crippen LogP contribution >= 0.6 is 0 Å². The molecule has 2 aromatic carbocycles. The molecule has 4 heteroatoms. The Morgan fingerprint density at radius 2 is 1.92 bits per heavy atom. The topological polar surface area (TPSA) is 50.4 Å². The molecule has 0 aromatic heterocycles. The lowest BCUT2D eigenvalue weighted by Crippen LogP contribution is -2.36. The lowest BCUT2D eigenvalue weighted by molar-refractivity contribution is -0.121. The van der Waals surface area contributed by atoms with E-state index in [4.69, 9.17) is 4.74 Å². The SMILES string of the molecule is CCCCOc1ccc(C2Cc3ccccc3C2NC(=O)CNC)cc1. The first kappa shape index (κ1) is 18.5. The summed E-state index contributed by atoms with van der Waals surface area (Å²) in [6.07, 6.45) is 3.14. The number of hydrogen-bond acceptors (Lipinski definition) is 3. The van der Waals surface area contributed by atoms with E-state index in [2.05, 4.69) is 47.9 Å². The maximum absolute atomic E-state index is 12.2. The van der Waals surface area contributed by atoms with Crippen LogP contribution < -0.4 is 15.4 Å². The molecule has 0 fully saturated rings. The monoisotopic (exact) mass is 352 g/mol. The smallest absolute Gasteiger partial charge is 0.234 e. The van der Waals surface area contributed by atoms with E-state index in [1.54, 1.807) is 7.05 Å². The molecule has 0 aliphatic heterocycles. The summed E-state index contributed by atoms with van der Waals surface area (Å²) in [6, 6.07) is 16.8. The van der Waals surface area contributed by atoms with E-state index in [0.29, 0.717) is 6.54 Å². The van der Waals surface area contributed by atoms with E-state index in [1.165, 1.54) is 16.7 Å². The van der Waals surface area contributed by atoms with Crippen LogP contribution in [0.5, 0.6) is 5.75 Å². The average Bonchev–Trinajstić information content (AvgIpc) is 3.01. The predicted molar refractivity (Wildman–Crippen MR) is 105 cm³/mol. The lowest BCUT2D eigenvalue weighted by Gasteiger charge is -2.23. The highest BCUT2D eigenvalue weighted by molar-refractivity contribution is 5.79. The molecule has 1 aliphatic carbocycles. The van der Waals surface area contributed by atoms with Crippen molar-refractivity contribution in [1.29, 1.82) is 0 Å². The molecular weight excluding hydrogens is 324 g/mol. The number of rotatable bonds is 8. The van der Waals surface area contributed by atoms with Gasteiger partial charge >= 0.3 is 0 Å². The highest BCUT2D eigenvalue weighted by Gasteiger charge is 2.34. The molecule has 0 heterocycles. The number of benzene rings is 2. The van der Waals surface area contributed by atoms with Crippen LogP contribution in [0, 0.1) is 0 Å². The van der Waals surface area contributed by atoms with Crippen molar-refractivity contribution in [2.24, 2.45) is 0 Å². The highest BCUT2D eigenvalue weighted by Crippen LogP contribution is 2.42. The molecule has 0 radical (unpaired) electrons. The number of hydrogen-bond donors (Lipinski definition) is 2. The van der Waals surface area contributed by atoms with Crippen molar-refractivity contribution >= 4 is 5.91 Å². The summed E-state index contributed by atoms with van der Waals surface area (Å²) in [5.74, 6) is 1.19. The van der Waals surface area contributed by atoms with Crippen molar-refractivity contribution in [3.05, 3.63) is 65.2 Å². The third-order valence-corrected chi connectivity index (χ3v) is 4.96. The summed E-state index contributed by atoms with van der Waals surface area (Å²) in [6.45, 7) is 3.25. The standard InChI is InChI=1S/C22H28N2O2/c1-3-4-13-26-18-11-9-16(10-12-18)20-14-17-7-5-6-8-19(17)22(20)24-21(25)15-23-2/h5-12,20,22-23H,3-4,13-15H2,1-2H3,(H,24,25). The number of unbranched alkanes of at least 4 members (excludes halogenated alkanes) is 1. The zero-order valence-corrected chi connectivity index (χ0v) is 15.6. The fourth-order valence-corrected chi connectivity index (χ4v) is 3.61. The Morgan fingerprint density at radius 1 is 1.15 bits per heavy atom. The zero-order valence-electron chi connectivity index (χ0n) is 15.6. The number of amides is 1. The molecule has 3 rings (SSSR count). The van der Waals surface area contributed by atoms with Gasteiger partial charge in [0.2, 0.25) is 5.91 Å². The van der Waals surface area contributed by atoms with E-state index in [-0.39, 0.29) is 17.9 Å². The Balaban J connectivity index is 1.78. The van der Waals surface area contributed by atoms with Gasteiger partial charge in [0.05, 0.1) is 19.2 Å². The summed E-state index contributed by atoms with van der Waals surface area (Å²) >= 11 is 0. The lowest BCUT2D eigenvalue weighted by atomic mass is 9.92. The van der Waals surface area contributed by atoms with E-state index in [1.807, 2.05) is 18.2 Å². The van der Waals surface area contributed by atoms with Crippen molar-refractivity contribution in [2.45, 2.75) is 38.1 Å². The van der Waals surface area contributed by atoms with Crippen LogP contribution in [-0.4, -0.2) is 26.1 Å². The molecule has 1 amide bonds. The Morgan fingerprint density at radius 3 is 2.65 bits per heavy atom. The molecule has 1 aliphatic rings. The number of fused-ring (bicyclic) bond motifs is 1. The first-order valence-electron chi connectivity index (χ1n) is 9.47. The molecule has 2 atom stereocenters. The van der Waals surface area contributed by atoms with Gasteiger partial charge in [-0.1, -0.05) is 49.7 Å². The minimum atomic E-state index is 0.0129. The predicted octanol–water partition coefficient (Wildman–Crippen LogP) is 3.58. The summed E-state index contributed by atoms with van der Waals surface area (Å²) in [5, 5.41) is 6.13. The number of likely N-dealkylation sites (N-methyl/N-ethyl adjacent to an activating group) is 1. The minimum absolute atomic E-state index is 0.0129. The Kier molecular flexibility index (Phi) is 6.29. The van der Waals surface area contributed by atoms with Crippen LogP contribution in [0.3, 0.4) is 0 Å². The molecule has 0 saturated carbocycles. The largest absolute Gasteiger partial charge is 0.494 e. The van der Waals surface area contributed by atoms with Gasteiger partial charge in [-0.15, -0.1) is 0 Å². The third kappa shape index (κ3) is 4.25. The van der Waals surface area contributed by atoms with Crippen molar-refractivity contribution in [2.75, 3.05) is 20.2 Å². The number of nitrogens with one attached hydrogen (secondary N) is 2. The van der Waals surface area contributed by atoms with Crippen LogP contribution in [0.1, 0.15) is 48.4 Å². The van der Waals surface area contributed by atoms with Gasteiger partial charge in [-0.2, -0.15) is 0 Å². The van der Waals surface area contributed by atoms with Crippen LogP contribution in [0.25, 0.3) is 0 Å². The average molecular weight is 352 g/mol. The second-order valence-corrected chi connectivity index (χ2v) is 6.86. The third-order valence-electron chi connectivity index (χ3n) is 4.96. The van der Waals surface area contributed by atoms with Crippen molar-refractivity contribution in [3.63, 3.8) is 0 Å². The normalized spacial score (nSPS) is 18.4. The van der Waals surface area contributed by atoms with Crippen molar-refractivity contribution in [3.8, 4) is 5.75 Å². The van der Waals surface area contributed by atoms with E-state index >= 15 is 0 Å². The maximum atomic E-state index is 12.2. The molecule has 26 heavy (non-hydrogen) atoms. The fraction of sp³-hybridized carbons (Fsp3) is 0.409.